The first-order valence-corrected chi connectivity index (χ1v) is 8.73. The maximum atomic E-state index is 12.6. The van der Waals surface area contributed by atoms with Crippen LogP contribution in [0.1, 0.15) is 31.2 Å². The summed E-state index contributed by atoms with van der Waals surface area (Å²) >= 11 is 6.10. The van der Waals surface area contributed by atoms with Crippen molar-refractivity contribution in [2.24, 2.45) is 11.8 Å². The highest BCUT2D eigenvalue weighted by atomic mass is 35.5. The van der Waals surface area contributed by atoms with Gasteiger partial charge in [0.05, 0.1) is 12.1 Å². The zero-order valence-corrected chi connectivity index (χ0v) is 14.5. The summed E-state index contributed by atoms with van der Waals surface area (Å²) in [5, 5.41) is 10.0. The molecule has 1 aromatic carbocycles. The second-order valence-corrected chi connectivity index (χ2v) is 7.06. The van der Waals surface area contributed by atoms with Crippen LogP contribution < -0.4 is 4.74 Å². The molecular weight excluding hydrogens is 330 g/mol. The number of carbonyl (C=O) groups excluding carboxylic acids is 1. The molecule has 0 bridgehead atoms. The van der Waals surface area contributed by atoms with Gasteiger partial charge < -0.3 is 14.7 Å². The molecule has 3 unspecified atom stereocenters. The molecule has 130 valence electrons. The highest BCUT2D eigenvalue weighted by Crippen LogP contribution is 2.42. The van der Waals surface area contributed by atoms with Crippen LogP contribution >= 0.6 is 11.6 Å². The number of carboxylic acids is 1. The molecule has 0 aromatic heterocycles. The Hall–Kier alpha value is -1.75. The molecule has 5 nitrogen and oxygen atoms in total. The highest BCUT2D eigenvalue weighted by molar-refractivity contribution is 6.32. The number of methoxy groups -OCH3 is 1. The van der Waals surface area contributed by atoms with Gasteiger partial charge in [0.15, 0.2) is 0 Å². The third-order valence-corrected chi connectivity index (χ3v) is 5.60. The topological polar surface area (TPSA) is 66.8 Å². The van der Waals surface area contributed by atoms with E-state index in [9.17, 15) is 14.7 Å². The maximum absolute atomic E-state index is 12.6. The van der Waals surface area contributed by atoms with Crippen LogP contribution in [0.3, 0.4) is 0 Å². The number of hydrogen-bond acceptors (Lipinski definition) is 3. The van der Waals surface area contributed by atoms with E-state index in [-0.39, 0.29) is 11.8 Å². The fraction of sp³-hybridized carbons (Fsp3) is 0.556. The Kier molecular flexibility index (Phi) is 4.99. The van der Waals surface area contributed by atoms with Gasteiger partial charge in [-0.2, -0.15) is 0 Å². The molecule has 6 heteroatoms. The number of benzene rings is 1. The Balaban J connectivity index is 1.64. The summed E-state index contributed by atoms with van der Waals surface area (Å²) in [5.74, 6) is 0.131. The molecule has 0 radical (unpaired) electrons. The van der Waals surface area contributed by atoms with E-state index in [4.69, 9.17) is 16.3 Å². The Bertz CT molecular complexity index is 648. The second-order valence-electron chi connectivity index (χ2n) is 6.65. The SMILES string of the molecule is COc1ccc(CCC(=O)N2CC3CCCC3C2C(=O)O)cc1Cl. The molecule has 24 heavy (non-hydrogen) atoms. The van der Waals surface area contributed by atoms with E-state index in [0.717, 1.165) is 24.8 Å². The van der Waals surface area contributed by atoms with E-state index in [2.05, 4.69) is 0 Å². The van der Waals surface area contributed by atoms with E-state index in [1.54, 1.807) is 24.1 Å². The number of nitrogens with zero attached hydrogens (tertiary/aromatic N) is 1. The van der Waals surface area contributed by atoms with Crippen molar-refractivity contribution in [2.75, 3.05) is 13.7 Å². The van der Waals surface area contributed by atoms with E-state index in [1.165, 1.54) is 0 Å². The minimum atomic E-state index is -0.870. The lowest BCUT2D eigenvalue weighted by molar-refractivity contribution is -0.149. The summed E-state index contributed by atoms with van der Waals surface area (Å²) in [5.41, 5.74) is 0.945. The number of fused-ring (bicyclic) bond motifs is 1. The van der Waals surface area contributed by atoms with Gasteiger partial charge in [-0.05, 0) is 48.8 Å². The summed E-state index contributed by atoms with van der Waals surface area (Å²) < 4.78 is 5.12. The van der Waals surface area contributed by atoms with Gasteiger partial charge in [0.2, 0.25) is 5.91 Å². The summed E-state index contributed by atoms with van der Waals surface area (Å²) in [4.78, 5) is 25.8. The Morgan fingerprint density at radius 2 is 2.17 bits per heavy atom. The number of halogens is 1. The molecule has 1 aliphatic carbocycles. The average molecular weight is 352 g/mol. The third kappa shape index (κ3) is 3.22. The zero-order valence-electron chi connectivity index (χ0n) is 13.7. The van der Waals surface area contributed by atoms with Crippen molar-refractivity contribution in [3.63, 3.8) is 0 Å². The summed E-state index contributed by atoms with van der Waals surface area (Å²) in [6.07, 6.45) is 3.86. The van der Waals surface area contributed by atoms with Gasteiger partial charge in [-0.1, -0.05) is 24.1 Å². The second kappa shape index (κ2) is 7.01. The lowest BCUT2D eigenvalue weighted by Gasteiger charge is -2.24. The number of carboxylic acid groups (broad SMARTS) is 1. The lowest BCUT2D eigenvalue weighted by Crippen LogP contribution is -2.43. The minimum absolute atomic E-state index is 0.0799. The molecule has 2 aliphatic rings. The smallest absolute Gasteiger partial charge is 0.326 e. The number of hydrogen-bond donors (Lipinski definition) is 1. The predicted molar refractivity (Wildman–Crippen MR) is 90.3 cm³/mol. The first kappa shape index (κ1) is 17.1. The Morgan fingerprint density at radius 3 is 2.83 bits per heavy atom. The van der Waals surface area contributed by atoms with Crippen molar-refractivity contribution >= 4 is 23.5 Å². The molecule has 1 saturated heterocycles. The van der Waals surface area contributed by atoms with Gasteiger partial charge in [0.1, 0.15) is 11.8 Å². The van der Waals surface area contributed by atoms with Gasteiger partial charge in [-0.3, -0.25) is 4.79 Å². The van der Waals surface area contributed by atoms with Crippen molar-refractivity contribution in [3.05, 3.63) is 28.8 Å². The van der Waals surface area contributed by atoms with E-state index >= 15 is 0 Å². The van der Waals surface area contributed by atoms with Crippen molar-refractivity contribution in [1.82, 2.24) is 4.90 Å². The number of carbonyl (C=O) groups is 2. The number of likely N-dealkylation sites (tertiary alicyclic amines) is 1. The molecule has 1 amide bonds. The van der Waals surface area contributed by atoms with E-state index < -0.39 is 12.0 Å². The Morgan fingerprint density at radius 1 is 1.38 bits per heavy atom. The van der Waals surface area contributed by atoms with Crippen LogP contribution in [0.5, 0.6) is 5.75 Å². The molecule has 2 fully saturated rings. The van der Waals surface area contributed by atoms with Gasteiger partial charge in [0.25, 0.3) is 0 Å². The first-order chi connectivity index (χ1) is 11.5. The van der Waals surface area contributed by atoms with Crippen molar-refractivity contribution in [2.45, 2.75) is 38.1 Å². The predicted octanol–water partition coefficient (Wildman–Crippen LogP) is 2.99. The quantitative estimate of drug-likeness (QED) is 0.885. The number of aryl methyl sites for hydroxylation is 1. The van der Waals surface area contributed by atoms with Gasteiger partial charge in [-0.25, -0.2) is 4.79 Å². The van der Waals surface area contributed by atoms with E-state index in [0.29, 0.717) is 36.1 Å². The molecule has 1 N–H and O–H groups in total. The third-order valence-electron chi connectivity index (χ3n) is 5.31. The number of amides is 1. The fourth-order valence-electron chi connectivity index (χ4n) is 4.14. The molecule has 3 rings (SSSR count). The van der Waals surface area contributed by atoms with Crippen molar-refractivity contribution in [1.29, 1.82) is 0 Å². The zero-order chi connectivity index (χ0) is 17.3. The van der Waals surface area contributed by atoms with Gasteiger partial charge in [0, 0.05) is 13.0 Å². The molecule has 1 heterocycles. The monoisotopic (exact) mass is 351 g/mol. The van der Waals surface area contributed by atoms with Crippen LogP contribution in [0.2, 0.25) is 5.02 Å². The Labute approximate surface area is 146 Å². The minimum Gasteiger partial charge on any atom is -0.495 e. The standard InChI is InChI=1S/C18H22ClNO4/c1-24-15-7-5-11(9-14(15)19)6-8-16(21)20-10-12-3-2-4-13(12)17(20)18(22)23/h5,7,9,12-13,17H,2-4,6,8,10H2,1H3,(H,22,23). The van der Waals surface area contributed by atoms with Gasteiger partial charge >= 0.3 is 5.97 Å². The lowest BCUT2D eigenvalue weighted by atomic mass is 9.94. The summed E-state index contributed by atoms with van der Waals surface area (Å²) in [6, 6.07) is 4.80. The average Bonchev–Trinajstić information content (AvgIpc) is 3.12. The molecular formula is C18H22ClNO4. The summed E-state index contributed by atoms with van der Waals surface area (Å²) in [6.45, 7) is 0.587. The molecule has 3 atom stereocenters. The van der Waals surface area contributed by atoms with Crippen LogP contribution in [0.4, 0.5) is 0 Å². The van der Waals surface area contributed by atoms with Crippen LogP contribution in [-0.4, -0.2) is 41.6 Å². The normalized spacial score (nSPS) is 25.6. The van der Waals surface area contributed by atoms with Crippen LogP contribution in [0.15, 0.2) is 18.2 Å². The molecule has 1 aromatic rings. The number of aliphatic carboxylic acids is 1. The number of rotatable bonds is 5. The fourth-order valence-corrected chi connectivity index (χ4v) is 4.42. The van der Waals surface area contributed by atoms with Gasteiger partial charge in [-0.15, -0.1) is 0 Å². The van der Waals surface area contributed by atoms with Crippen molar-refractivity contribution < 1.29 is 19.4 Å². The van der Waals surface area contributed by atoms with Crippen LogP contribution in [0.25, 0.3) is 0 Å². The van der Waals surface area contributed by atoms with Crippen LogP contribution in [0, 0.1) is 11.8 Å². The molecule has 1 aliphatic heterocycles. The number of ether oxygens (including phenoxy) is 1. The van der Waals surface area contributed by atoms with Crippen molar-refractivity contribution in [3.8, 4) is 5.75 Å². The maximum Gasteiger partial charge on any atom is 0.326 e. The van der Waals surface area contributed by atoms with E-state index in [1.807, 2.05) is 6.07 Å². The largest absolute Gasteiger partial charge is 0.495 e. The molecule has 0 spiro atoms. The van der Waals surface area contributed by atoms with Crippen LogP contribution in [-0.2, 0) is 16.0 Å². The first-order valence-electron chi connectivity index (χ1n) is 8.36. The highest BCUT2D eigenvalue weighted by Gasteiger charge is 2.49. The molecule has 1 saturated carbocycles. The summed E-state index contributed by atoms with van der Waals surface area (Å²) in [7, 11) is 1.56.